The number of carbonyl (C=O) groups excluding carboxylic acids is 3. The molecule has 47 heavy (non-hydrogen) atoms. The van der Waals surface area contributed by atoms with Gasteiger partial charge in [0.05, 0.1) is 6.04 Å². The van der Waals surface area contributed by atoms with Crippen LogP contribution in [-0.4, -0.2) is 69.6 Å². The van der Waals surface area contributed by atoms with Gasteiger partial charge in [0.15, 0.2) is 0 Å². The second-order valence-corrected chi connectivity index (χ2v) is 11.5. The number of unbranched alkanes of at least 4 members (excludes halogenated alkanes) is 1. The standard InChI is InChI=1S/C35H42N6O6/c36-17-7-6-12-29(35(46)47)39-33(44)31(18-22-8-2-1-3-9-22)41-34(45)30(19-23-13-15-25(42)16-14-23)40-32(43)27(37)20-24-21-38-28-11-5-4-10-26(24)28/h1-5,8-11,13-16,21,27,29-31,38,42H,6-7,12,17-20,36-37H2,(H,39,44)(H,40,43)(H,41,45)(H,46,47). The summed E-state index contributed by atoms with van der Waals surface area (Å²) in [5.74, 6) is -3.05. The quantitative estimate of drug-likeness (QED) is 0.0795. The molecule has 12 nitrogen and oxygen atoms in total. The van der Waals surface area contributed by atoms with E-state index in [-0.39, 0.29) is 31.4 Å². The zero-order valence-corrected chi connectivity index (χ0v) is 26.0. The molecule has 0 fully saturated rings. The molecule has 4 rings (SSSR count). The van der Waals surface area contributed by atoms with E-state index in [1.165, 1.54) is 12.1 Å². The number of aliphatic carboxylic acids is 1. The smallest absolute Gasteiger partial charge is 0.326 e. The van der Waals surface area contributed by atoms with Crippen LogP contribution in [0.3, 0.4) is 0 Å². The zero-order chi connectivity index (χ0) is 33.8. The normalized spacial score (nSPS) is 13.7. The third kappa shape index (κ3) is 10.1. The number of carboxylic acids is 1. The van der Waals surface area contributed by atoms with E-state index in [1.807, 2.05) is 30.3 Å². The molecule has 1 heterocycles. The van der Waals surface area contributed by atoms with Crippen LogP contribution in [0.25, 0.3) is 10.9 Å². The molecular weight excluding hydrogens is 600 g/mol. The number of fused-ring (bicyclic) bond motifs is 1. The lowest BCUT2D eigenvalue weighted by atomic mass is 10.0. The summed E-state index contributed by atoms with van der Waals surface area (Å²) in [5.41, 5.74) is 15.0. The molecule has 0 aliphatic heterocycles. The van der Waals surface area contributed by atoms with Crippen LogP contribution in [0.1, 0.15) is 36.0 Å². The third-order valence-corrected chi connectivity index (χ3v) is 7.94. The second-order valence-electron chi connectivity index (χ2n) is 11.5. The van der Waals surface area contributed by atoms with E-state index >= 15 is 0 Å². The first-order valence-electron chi connectivity index (χ1n) is 15.6. The SMILES string of the molecule is NCCCCC(NC(=O)C(Cc1ccccc1)NC(=O)C(Cc1ccc(O)cc1)NC(=O)C(N)Cc1c[nH]c2ccccc12)C(=O)O. The average Bonchev–Trinajstić information content (AvgIpc) is 3.47. The number of hydrogen-bond donors (Lipinski definition) is 8. The summed E-state index contributed by atoms with van der Waals surface area (Å²) in [5, 5.41) is 28.5. The number of aromatic hydroxyl groups is 1. The first-order valence-corrected chi connectivity index (χ1v) is 15.6. The van der Waals surface area contributed by atoms with Gasteiger partial charge in [0.1, 0.15) is 23.9 Å². The highest BCUT2D eigenvalue weighted by atomic mass is 16.4. The highest BCUT2D eigenvalue weighted by Gasteiger charge is 2.31. The lowest BCUT2D eigenvalue weighted by molar-refractivity contribution is -0.142. The predicted molar refractivity (Wildman–Crippen MR) is 178 cm³/mol. The molecule has 0 saturated carbocycles. The Labute approximate surface area is 272 Å². The number of nitrogens with two attached hydrogens (primary N) is 2. The van der Waals surface area contributed by atoms with Crippen molar-refractivity contribution in [3.8, 4) is 5.75 Å². The number of aromatic amines is 1. The summed E-state index contributed by atoms with van der Waals surface area (Å²) in [4.78, 5) is 55.9. The number of aromatic nitrogens is 1. The Morgan fingerprint density at radius 1 is 0.702 bits per heavy atom. The van der Waals surface area contributed by atoms with Gasteiger partial charge in [0, 0.05) is 29.9 Å². The fraction of sp³-hybridized carbons (Fsp3) is 0.314. The number of carboxylic acid groups (broad SMARTS) is 1. The van der Waals surface area contributed by atoms with Crippen molar-refractivity contribution in [3.05, 3.63) is 102 Å². The van der Waals surface area contributed by atoms with E-state index in [9.17, 15) is 29.4 Å². The summed E-state index contributed by atoms with van der Waals surface area (Å²) >= 11 is 0. The first-order chi connectivity index (χ1) is 22.6. The number of amides is 3. The van der Waals surface area contributed by atoms with Crippen molar-refractivity contribution in [2.75, 3.05) is 6.54 Å². The van der Waals surface area contributed by atoms with Crippen LogP contribution >= 0.6 is 0 Å². The number of benzene rings is 3. The molecule has 3 aromatic carbocycles. The molecule has 1 aromatic heterocycles. The van der Waals surface area contributed by atoms with Crippen LogP contribution in [0.4, 0.5) is 0 Å². The van der Waals surface area contributed by atoms with E-state index in [2.05, 4.69) is 20.9 Å². The maximum atomic E-state index is 13.9. The van der Waals surface area contributed by atoms with Gasteiger partial charge < -0.3 is 42.6 Å². The van der Waals surface area contributed by atoms with Gasteiger partial charge in [-0.2, -0.15) is 0 Å². The Morgan fingerprint density at radius 3 is 1.91 bits per heavy atom. The minimum absolute atomic E-state index is 0.0359. The van der Waals surface area contributed by atoms with Crippen molar-refractivity contribution < 1.29 is 29.4 Å². The lowest BCUT2D eigenvalue weighted by Gasteiger charge is -2.25. The van der Waals surface area contributed by atoms with E-state index in [0.29, 0.717) is 24.9 Å². The lowest BCUT2D eigenvalue weighted by Crippen LogP contribution is -2.58. The zero-order valence-electron chi connectivity index (χ0n) is 26.0. The number of phenolic OH excluding ortho intramolecular Hbond substituents is 1. The van der Waals surface area contributed by atoms with Crippen molar-refractivity contribution in [2.45, 2.75) is 62.7 Å². The van der Waals surface area contributed by atoms with E-state index < -0.39 is 47.9 Å². The molecule has 248 valence electrons. The number of H-pyrrole nitrogens is 1. The average molecular weight is 643 g/mol. The van der Waals surface area contributed by atoms with Crippen molar-refractivity contribution in [3.63, 3.8) is 0 Å². The van der Waals surface area contributed by atoms with Gasteiger partial charge >= 0.3 is 5.97 Å². The van der Waals surface area contributed by atoms with Crippen LogP contribution in [0.15, 0.2) is 85.1 Å². The van der Waals surface area contributed by atoms with E-state index in [4.69, 9.17) is 11.5 Å². The number of nitrogens with one attached hydrogen (secondary N) is 4. The topological polar surface area (TPSA) is 213 Å². The molecule has 0 aliphatic carbocycles. The summed E-state index contributed by atoms with van der Waals surface area (Å²) in [6.45, 7) is 0.395. The van der Waals surface area contributed by atoms with Gasteiger partial charge in [0.2, 0.25) is 17.7 Å². The number of hydrogen-bond acceptors (Lipinski definition) is 7. The molecule has 0 saturated heterocycles. The maximum absolute atomic E-state index is 13.9. The van der Waals surface area contributed by atoms with Gasteiger partial charge in [-0.3, -0.25) is 14.4 Å². The molecule has 12 heteroatoms. The molecule has 0 spiro atoms. The van der Waals surface area contributed by atoms with Crippen LogP contribution in [0, 0.1) is 0 Å². The van der Waals surface area contributed by atoms with Crippen LogP contribution in [0.5, 0.6) is 5.75 Å². The van der Waals surface area contributed by atoms with Crippen molar-refractivity contribution >= 4 is 34.6 Å². The summed E-state index contributed by atoms with van der Waals surface area (Å²) in [6, 6.07) is 18.4. The van der Waals surface area contributed by atoms with Gasteiger partial charge in [-0.25, -0.2) is 4.79 Å². The largest absolute Gasteiger partial charge is 0.508 e. The molecule has 0 radical (unpaired) electrons. The highest BCUT2D eigenvalue weighted by molar-refractivity contribution is 5.94. The number of para-hydroxylation sites is 1. The Bertz CT molecular complexity index is 1640. The fourth-order valence-corrected chi connectivity index (χ4v) is 5.34. The predicted octanol–water partition coefficient (Wildman–Crippen LogP) is 1.90. The van der Waals surface area contributed by atoms with E-state index in [0.717, 1.165) is 22.0 Å². The van der Waals surface area contributed by atoms with Crippen LogP contribution in [-0.2, 0) is 38.4 Å². The Balaban J connectivity index is 1.54. The van der Waals surface area contributed by atoms with Crippen molar-refractivity contribution in [2.24, 2.45) is 11.5 Å². The van der Waals surface area contributed by atoms with Gasteiger partial charge in [0.25, 0.3) is 0 Å². The number of carbonyl (C=O) groups is 4. The molecule has 4 unspecified atom stereocenters. The minimum atomic E-state index is -1.19. The summed E-state index contributed by atoms with van der Waals surface area (Å²) in [7, 11) is 0. The first kappa shape index (κ1) is 34.7. The molecule has 4 atom stereocenters. The number of phenols is 1. The summed E-state index contributed by atoms with van der Waals surface area (Å²) in [6.07, 6.45) is 3.41. The molecular formula is C35H42N6O6. The monoisotopic (exact) mass is 642 g/mol. The molecule has 0 bridgehead atoms. The summed E-state index contributed by atoms with van der Waals surface area (Å²) < 4.78 is 0. The van der Waals surface area contributed by atoms with Gasteiger partial charge in [-0.05, 0) is 67.1 Å². The van der Waals surface area contributed by atoms with Gasteiger partial charge in [-0.15, -0.1) is 0 Å². The Hall–Kier alpha value is -5.20. The Kier molecular flexibility index (Phi) is 12.5. The Morgan fingerprint density at radius 2 is 1.28 bits per heavy atom. The highest BCUT2D eigenvalue weighted by Crippen LogP contribution is 2.19. The second kappa shape index (κ2) is 16.9. The third-order valence-electron chi connectivity index (χ3n) is 7.94. The van der Waals surface area contributed by atoms with Crippen molar-refractivity contribution in [1.82, 2.24) is 20.9 Å². The number of rotatable bonds is 17. The van der Waals surface area contributed by atoms with Gasteiger partial charge in [-0.1, -0.05) is 60.7 Å². The van der Waals surface area contributed by atoms with Crippen LogP contribution < -0.4 is 27.4 Å². The van der Waals surface area contributed by atoms with Crippen molar-refractivity contribution in [1.29, 1.82) is 0 Å². The molecule has 0 aliphatic rings. The maximum Gasteiger partial charge on any atom is 0.326 e. The molecule has 3 amide bonds. The van der Waals surface area contributed by atoms with E-state index in [1.54, 1.807) is 42.6 Å². The molecule has 10 N–H and O–H groups in total. The van der Waals surface area contributed by atoms with Crippen LogP contribution in [0.2, 0.25) is 0 Å². The fourth-order valence-electron chi connectivity index (χ4n) is 5.34. The minimum Gasteiger partial charge on any atom is -0.508 e. The molecule has 4 aromatic rings.